The highest BCUT2D eigenvalue weighted by atomic mass is 19.3. The molecule has 1 rings (SSSR count). The average molecular weight is 286 g/mol. The van der Waals surface area contributed by atoms with E-state index in [0.29, 0.717) is 24.2 Å². The van der Waals surface area contributed by atoms with Crippen molar-refractivity contribution in [1.29, 1.82) is 0 Å². The van der Waals surface area contributed by atoms with E-state index in [1.165, 1.54) is 0 Å². The van der Waals surface area contributed by atoms with E-state index in [9.17, 15) is 13.9 Å². The van der Waals surface area contributed by atoms with Gasteiger partial charge in [0.05, 0.1) is 5.60 Å². The van der Waals surface area contributed by atoms with E-state index in [0.717, 1.165) is 0 Å². The van der Waals surface area contributed by atoms with Crippen molar-refractivity contribution in [2.24, 2.45) is 0 Å². The van der Waals surface area contributed by atoms with Crippen LogP contribution in [0.3, 0.4) is 0 Å². The molecular formula is C16H24F2O2. The van der Waals surface area contributed by atoms with Crippen molar-refractivity contribution in [3.8, 4) is 5.75 Å². The lowest BCUT2D eigenvalue weighted by Gasteiger charge is -2.29. The highest BCUT2D eigenvalue weighted by molar-refractivity contribution is 5.31. The Morgan fingerprint density at radius 2 is 1.70 bits per heavy atom. The molecular weight excluding hydrogens is 262 g/mol. The number of halogens is 2. The lowest BCUT2D eigenvalue weighted by molar-refractivity contribution is -0.0334. The molecule has 0 aliphatic rings. The van der Waals surface area contributed by atoms with E-state index in [2.05, 4.69) is 0 Å². The molecule has 0 fully saturated rings. The van der Waals surface area contributed by atoms with Gasteiger partial charge >= 0.3 is 0 Å². The minimum absolute atomic E-state index is 0.315. The zero-order chi connectivity index (χ0) is 15.4. The number of rotatable bonds is 6. The number of alkyl halides is 2. The molecule has 1 N–H and O–H groups in total. The first-order chi connectivity index (χ1) is 9.16. The zero-order valence-electron chi connectivity index (χ0n) is 12.6. The zero-order valence-corrected chi connectivity index (χ0v) is 12.6. The van der Waals surface area contributed by atoms with Gasteiger partial charge in [-0.25, -0.2) is 8.78 Å². The van der Waals surface area contributed by atoms with E-state index < -0.39 is 18.4 Å². The van der Waals surface area contributed by atoms with Crippen molar-refractivity contribution >= 4 is 0 Å². The Balaban J connectivity index is 2.93. The van der Waals surface area contributed by atoms with Crippen molar-refractivity contribution in [3.63, 3.8) is 0 Å². The molecule has 0 saturated heterocycles. The fourth-order valence-corrected chi connectivity index (χ4v) is 2.22. The van der Waals surface area contributed by atoms with Gasteiger partial charge < -0.3 is 9.84 Å². The highest BCUT2D eigenvalue weighted by Crippen LogP contribution is 2.34. The lowest BCUT2D eigenvalue weighted by atomic mass is 9.86. The summed E-state index contributed by atoms with van der Waals surface area (Å²) in [6, 6.07) is 6.76. The molecule has 4 heteroatoms. The second-order valence-corrected chi connectivity index (χ2v) is 6.12. The van der Waals surface area contributed by atoms with Crippen LogP contribution in [0, 0.1) is 0 Å². The molecule has 0 amide bonds. The summed E-state index contributed by atoms with van der Waals surface area (Å²) in [6.45, 7) is 7.68. The predicted molar refractivity (Wildman–Crippen MR) is 76.2 cm³/mol. The molecule has 1 aromatic carbocycles. The fraction of sp³-hybridized carbons (Fsp3) is 0.625. The largest absolute Gasteiger partial charge is 0.488 e. The molecule has 0 radical (unpaired) electrons. The Morgan fingerprint density at radius 1 is 1.15 bits per heavy atom. The molecule has 1 aromatic rings. The maximum Gasteiger partial charge on any atom is 0.241 e. The summed E-state index contributed by atoms with van der Waals surface area (Å²) in [7, 11) is 0. The quantitative estimate of drug-likeness (QED) is 0.834. The van der Waals surface area contributed by atoms with Crippen LogP contribution in [0.4, 0.5) is 8.78 Å². The average Bonchev–Trinajstić information content (AvgIpc) is 2.26. The molecule has 1 atom stereocenters. The van der Waals surface area contributed by atoms with Crippen molar-refractivity contribution in [2.75, 3.05) is 0 Å². The van der Waals surface area contributed by atoms with Crippen LogP contribution in [0.15, 0.2) is 24.3 Å². The van der Waals surface area contributed by atoms with Gasteiger partial charge in [-0.3, -0.25) is 0 Å². The van der Waals surface area contributed by atoms with Crippen LogP contribution in [0.2, 0.25) is 0 Å². The normalized spacial score (nSPS) is 15.2. The monoisotopic (exact) mass is 286 g/mol. The Hall–Kier alpha value is -1.16. The van der Waals surface area contributed by atoms with E-state index in [-0.39, 0.29) is 5.60 Å². The molecule has 2 nitrogen and oxygen atoms in total. The van der Waals surface area contributed by atoms with Gasteiger partial charge in [0.2, 0.25) is 6.43 Å². The van der Waals surface area contributed by atoms with Crippen molar-refractivity contribution < 1.29 is 18.6 Å². The Morgan fingerprint density at radius 3 is 2.10 bits per heavy atom. The number of hydrogen-bond acceptors (Lipinski definition) is 2. The van der Waals surface area contributed by atoms with E-state index in [1.807, 2.05) is 27.7 Å². The van der Waals surface area contributed by atoms with Crippen LogP contribution >= 0.6 is 0 Å². The molecule has 0 aliphatic carbocycles. The second-order valence-electron chi connectivity index (χ2n) is 6.12. The van der Waals surface area contributed by atoms with Gasteiger partial charge in [0, 0.05) is 6.42 Å². The maximum atomic E-state index is 12.7. The first-order valence-electron chi connectivity index (χ1n) is 6.96. The minimum Gasteiger partial charge on any atom is -0.488 e. The van der Waals surface area contributed by atoms with Crippen LogP contribution in [0.5, 0.6) is 5.75 Å². The van der Waals surface area contributed by atoms with Crippen LogP contribution in [-0.4, -0.2) is 17.1 Å². The highest BCUT2D eigenvalue weighted by Gasteiger charge is 2.32. The molecule has 1 unspecified atom stereocenters. The van der Waals surface area contributed by atoms with Gasteiger partial charge in [0.15, 0.2) is 0 Å². The van der Waals surface area contributed by atoms with Gasteiger partial charge in [-0.15, -0.1) is 0 Å². The van der Waals surface area contributed by atoms with E-state index in [1.54, 1.807) is 24.3 Å². The summed E-state index contributed by atoms with van der Waals surface area (Å²) >= 11 is 0. The van der Waals surface area contributed by atoms with Gasteiger partial charge in [0.25, 0.3) is 0 Å². The summed E-state index contributed by atoms with van der Waals surface area (Å²) in [4.78, 5) is 0. The molecule has 0 aliphatic heterocycles. The van der Waals surface area contributed by atoms with Crippen LogP contribution < -0.4 is 4.74 Å². The maximum absolute atomic E-state index is 12.7. The van der Waals surface area contributed by atoms with Crippen LogP contribution in [0.1, 0.15) is 52.5 Å². The molecule has 114 valence electrons. The Bertz CT molecular complexity index is 409. The Kier molecular flexibility index (Phi) is 5.51. The van der Waals surface area contributed by atoms with Gasteiger partial charge in [-0.05, 0) is 44.9 Å². The SMILES string of the molecule is CCCC(O)(CC(F)F)c1ccc(OC(C)(C)C)cc1. The van der Waals surface area contributed by atoms with Crippen LogP contribution in [0.25, 0.3) is 0 Å². The van der Waals surface area contributed by atoms with Gasteiger partial charge in [-0.1, -0.05) is 25.5 Å². The minimum atomic E-state index is -2.53. The molecule has 0 saturated carbocycles. The summed E-state index contributed by atoms with van der Waals surface area (Å²) in [6.07, 6.45) is -2.11. The third kappa shape index (κ3) is 5.08. The molecule has 0 aromatic heterocycles. The first kappa shape index (κ1) is 16.9. The number of ether oxygens (including phenoxy) is 1. The van der Waals surface area contributed by atoms with Crippen molar-refractivity contribution in [3.05, 3.63) is 29.8 Å². The standard InChI is InChI=1S/C16H24F2O2/c1-5-10-16(19,11-14(17)18)12-6-8-13(9-7-12)20-15(2,3)4/h6-9,14,19H,5,10-11H2,1-4H3. The van der Waals surface area contributed by atoms with Gasteiger partial charge in [0.1, 0.15) is 11.4 Å². The lowest BCUT2D eigenvalue weighted by Crippen LogP contribution is -2.28. The number of hydrogen-bond donors (Lipinski definition) is 1. The third-order valence-corrected chi connectivity index (χ3v) is 2.97. The van der Waals surface area contributed by atoms with Crippen molar-refractivity contribution in [2.45, 2.75) is 64.6 Å². The first-order valence-corrected chi connectivity index (χ1v) is 6.96. The third-order valence-electron chi connectivity index (χ3n) is 2.97. The second kappa shape index (κ2) is 6.53. The summed E-state index contributed by atoms with van der Waals surface area (Å²) in [5.41, 5.74) is -1.27. The molecule has 0 bridgehead atoms. The summed E-state index contributed by atoms with van der Waals surface area (Å²) in [5.74, 6) is 0.664. The summed E-state index contributed by atoms with van der Waals surface area (Å²) in [5, 5.41) is 10.5. The summed E-state index contributed by atoms with van der Waals surface area (Å²) < 4.78 is 31.0. The fourth-order valence-electron chi connectivity index (χ4n) is 2.22. The predicted octanol–water partition coefficient (Wildman–Crippen LogP) is 4.51. The van der Waals surface area contributed by atoms with E-state index in [4.69, 9.17) is 4.74 Å². The Labute approximate surface area is 119 Å². The molecule has 0 heterocycles. The number of aliphatic hydroxyl groups is 1. The smallest absolute Gasteiger partial charge is 0.241 e. The topological polar surface area (TPSA) is 29.5 Å². The molecule has 0 spiro atoms. The van der Waals surface area contributed by atoms with E-state index >= 15 is 0 Å². The van der Waals surface area contributed by atoms with Crippen molar-refractivity contribution in [1.82, 2.24) is 0 Å². The van der Waals surface area contributed by atoms with Crippen LogP contribution in [-0.2, 0) is 5.60 Å². The number of benzene rings is 1. The molecule has 20 heavy (non-hydrogen) atoms. The van der Waals surface area contributed by atoms with Gasteiger partial charge in [-0.2, -0.15) is 0 Å².